The molecule has 0 atom stereocenters. The molecule has 60 valence electrons. The first-order valence-corrected chi connectivity index (χ1v) is 3.42. The summed E-state index contributed by atoms with van der Waals surface area (Å²) in [5, 5.41) is 17.9. The van der Waals surface area contributed by atoms with Gasteiger partial charge in [0.25, 0.3) is 5.69 Å². The zero-order valence-electron chi connectivity index (χ0n) is 6.10. The minimum absolute atomic E-state index is 0.0644. The Hall–Kier alpha value is -1.78. The van der Waals surface area contributed by atoms with Crippen LogP contribution in [0.25, 0.3) is 0 Å². The van der Waals surface area contributed by atoms with Crippen molar-refractivity contribution < 1.29 is 4.92 Å². The van der Waals surface area contributed by atoms with Crippen LogP contribution in [0.3, 0.4) is 0 Å². The third-order valence-electron chi connectivity index (χ3n) is 1.70. The fraction of sp³-hybridized carbons (Fsp3) is 0.143. The van der Waals surface area contributed by atoms with Crippen LogP contribution in [0.4, 0.5) is 11.4 Å². The van der Waals surface area contributed by atoms with Crippen molar-refractivity contribution in [2.45, 2.75) is 6.54 Å². The van der Waals surface area contributed by atoms with Crippen molar-refractivity contribution in [2.24, 2.45) is 10.2 Å². The Kier molecular flexibility index (Phi) is 1.36. The highest BCUT2D eigenvalue weighted by Gasteiger charge is 2.12. The van der Waals surface area contributed by atoms with Crippen LogP contribution >= 0.6 is 0 Å². The van der Waals surface area contributed by atoms with Gasteiger partial charge in [0.2, 0.25) is 0 Å². The predicted octanol–water partition coefficient (Wildman–Crippen LogP) is 2.19. The second-order valence-corrected chi connectivity index (χ2v) is 2.47. The SMILES string of the molecule is O=[N+]([O-])c1ccc2c(c1)N=NC2. The maximum atomic E-state index is 10.3. The second kappa shape index (κ2) is 2.37. The normalized spacial score (nSPS) is 13.0. The van der Waals surface area contributed by atoms with Crippen LogP contribution < -0.4 is 0 Å². The monoisotopic (exact) mass is 163 g/mol. The number of nitro benzene ring substituents is 1. The lowest BCUT2D eigenvalue weighted by Gasteiger charge is -1.93. The highest BCUT2D eigenvalue weighted by atomic mass is 16.6. The van der Waals surface area contributed by atoms with Gasteiger partial charge >= 0.3 is 0 Å². The lowest BCUT2D eigenvalue weighted by Crippen LogP contribution is -1.87. The number of non-ortho nitro benzene ring substituents is 1. The van der Waals surface area contributed by atoms with E-state index in [0.717, 1.165) is 5.56 Å². The molecule has 5 heteroatoms. The van der Waals surface area contributed by atoms with Gasteiger partial charge in [0.05, 0.1) is 17.2 Å². The van der Waals surface area contributed by atoms with Gasteiger partial charge in [-0.1, -0.05) is 0 Å². The number of hydrogen-bond donors (Lipinski definition) is 0. The van der Waals surface area contributed by atoms with Crippen molar-refractivity contribution in [3.63, 3.8) is 0 Å². The van der Waals surface area contributed by atoms with Crippen LogP contribution in [0, 0.1) is 10.1 Å². The third kappa shape index (κ3) is 0.952. The van der Waals surface area contributed by atoms with E-state index in [4.69, 9.17) is 0 Å². The zero-order valence-corrected chi connectivity index (χ0v) is 6.10. The maximum Gasteiger partial charge on any atom is 0.271 e. The Morgan fingerprint density at radius 2 is 2.33 bits per heavy atom. The molecule has 0 amide bonds. The topological polar surface area (TPSA) is 67.9 Å². The molecule has 1 aromatic carbocycles. The summed E-state index contributed by atoms with van der Waals surface area (Å²) in [6.45, 7) is 0.535. The number of hydrogen-bond acceptors (Lipinski definition) is 4. The molecule has 12 heavy (non-hydrogen) atoms. The molecule has 0 saturated carbocycles. The molecule has 0 fully saturated rings. The Balaban J connectivity index is 2.51. The van der Waals surface area contributed by atoms with Gasteiger partial charge in [-0.25, -0.2) is 0 Å². The molecule has 0 saturated heterocycles. The zero-order chi connectivity index (χ0) is 8.55. The van der Waals surface area contributed by atoms with E-state index in [1.54, 1.807) is 6.07 Å². The number of nitrogens with zero attached hydrogens (tertiary/aromatic N) is 3. The lowest BCUT2D eigenvalue weighted by atomic mass is 10.2. The summed E-state index contributed by atoms with van der Waals surface area (Å²) in [7, 11) is 0. The van der Waals surface area contributed by atoms with E-state index in [-0.39, 0.29) is 5.69 Å². The lowest BCUT2D eigenvalue weighted by molar-refractivity contribution is -0.384. The molecule has 1 aliphatic rings. The summed E-state index contributed by atoms with van der Waals surface area (Å²) in [6.07, 6.45) is 0. The Labute approximate surface area is 67.9 Å². The largest absolute Gasteiger partial charge is 0.271 e. The summed E-state index contributed by atoms with van der Waals surface area (Å²) in [5.74, 6) is 0. The minimum atomic E-state index is -0.436. The number of rotatable bonds is 1. The van der Waals surface area contributed by atoms with E-state index in [1.165, 1.54) is 12.1 Å². The summed E-state index contributed by atoms with van der Waals surface area (Å²) in [5.41, 5.74) is 1.62. The first-order valence-electron chi connectivity index (χ1n) is 3.42. The van der Waals surface area contributed by atoms with E-state index in [9.17, 15) is 10.1 Å². The van der Waals surface area contributed by atoms with Gasteiger partial charge in [-0.2, -0.15) is 10.2 Å². The first kappa shape index (κ1) is 6.90. The van der Waals surface area contributed by atoms with E-state index < -0.39 is 4.92 Å². The fourth-order valence-corrected chi connectivity index (χ4v) is 1.08. The predicted molar refractivity (Wildman–Crippen MR) is 41.3 cm³/mol. The molecule has 1 heterocycles. The molecule has 1 aromatic rings. The highest BCUT2D eigenvalue weighted by Crippen LogP contribution is 2.30. The van der Waals surface area contributed by atoms with E-state index >= 15 is 0 Å². The Bertz CT molecular complexity index is 373. The molecule has 0 aromatic heterocycles. The molecule has 1 aliphatic heterocycles. The van der Waals surface area contributed by atoms with Gasteiger partial charge in [-0.15, -0.1) is 0 Å². The van der Waals surface area contributed by atoms with Crippen LogP contribution in [-0.4, -0.2) is 4.92 Å². The van der Waals surface area contributed by atoms with Crippen LogP contribution in [-0.2, 0) is 6.54 Å². The van der Waals surface area contributed by atoms with E-state index in [0.29, 0.717) is 12.2 Å². The van der Waals surface area contributed by atoms with Crippen molar-refractivity contribution in [1.82, 2.24) is 0 Å². The average Bonchev–Trinajstić information content (AvgIpc) is 2.49. The smallest absolute Gasteiger partial charge is 0.258 e. The van der Waals surface area contributed by atoms with Gasteiger partial charge in [0, 0.05) is 17.7 Å². The molecule has 0 unspecified atom stereocenters. The molecule has 2 rings (SSSR count). The van der Waals surface area contributed by atoms with Crippen molar-refractivity contribution in [1.29, 1.82) is 0 Å². The molecular weight excluding hydrogens is 158 g/mol. The molecular formula is C7H5N3O2. The number of nitro groups is 1. The van der Waals surface area contributed by atoms with Gasteiger partial charge in [-0.3, -0.25) is 10.1 Å². The summed E-state index contributed by atoms with van der Waals surface area (Å²) in [6, 6.07) is 4.59. The maximum absolute atomic E-state index is 10.3. The molecule has 5 nitrogen and oxygen atoms in total. The van der Waals surface area contributed by atoms with Gasteiger partial charge < -0.3 is 0 Å². The quantitative estimate of drug-likeness (QED) is 0.470. The summed E-state index contributed by atoms with van der Waals surface area (Å²) in [4.78, 5) is 9.90. The average molecular weight is 163 g/mol. The number of fused-ring (bicyclic) bond motifs is 1. The van der Waals surface area contributed by atoms with Crippen LogP contribution in [0.15, 0.2) is 28.4 Å². The number of azo groups is 1. The fourth-order valence-electron chi connectivity index (χ4n) is 1.08. The van der Waals surface area contributed by atoms with Gasteiger partial charge in [-0.05, 0) is 6.07 Å². The molecule has 0 N–H and O–H groups in total. The number of benzene rings is 1. The summed E-state index contributed by atoms with van der Waals surface area (Å²) < 4.78 is 0. The van der Waals surface area contributed by atoms with E-state index in [2.05, 4.69) is 10.2 Å². The van der Waals surface area contributed by atoms with Crippen molar-refractivity contribution in [2.75, 3.05) is 0 Å². The second-order valence-electron chi connectivity index (χ2n) is 2.47. The molecule has 0 aliphatic carbocycles. The molecule has 0 bridgehead atoms. The Morgan fingerprint density at radius 3 is 3.08 bits per heavy atom. The van der Waals surface area contributed by atoms with Crippen molar-refractivity contribution in [3.8, 4) is 0 Å². The van der Waals surface area contributed by atoms with E-state index in [1.807, 2.05) is 0 Å². The van der Waals surface area contributed by atoms with Crippen LogP contribution in [0.2, 0.25) is 0 Å². The summed E-state index contributed by atoms with van der Waals surface area (Å²) >= 11 is 0. The van der Waals surface area contributed by atoms with Gasteiger partial charge in [0.1, 0.15) is 0 Å². The standard InChI is InChI=1S/C7H5N3O2/c11-10(12)6-2-1-5-4-8-9-7(5)3-6/h1-3H,4H2. The van der Waals surface area contributed by atoms with Gasteiger partial charge in [0.15, 0.2) is 0 Å². The minimum Gasteiger partial charge on any atom is -0.258 e. The first-order chi connectivity index (χ1) is 5.77. The van der Waals surface area contributed by atoms with Crippen LogP contribution in [0.5, 0.6) is 0 Å². The molecule has 0 radical (unpaired) electrons. The Morgan fingerprint density at radius 1 is 1.50 bits per heavy atom. The third-order valence-corrected chi connectivity index (χ3v) is 1.70. The van der Waals surface area contributed by atoms with Crippen molar-refractivity contribution in [3.05, 3.63) is 33.9 Å². The van der Waals surface area contributed by atoms with Crippen molar-refractivity contribution >= 4 is 11.4 Å². The molecule has 0 spiro atoms. The van der Waals surface area contributed by atoms with Crippen LogP contribution in [0.1, 0.15) is 5.56 Å². The highest BCUT2D eigenvalue weighted by molar-refractivity contribution is 5.54.